The third-order valence-electron chi connectivity index (χ3n) is 4.41. The number of ether oxygens (including phenoxy) is 1. The summed E-state index contributed by atoms with van der Waals surface area (Å²) < 4.78 is 4.84. The Hall–Kier alpha value is -1.22. The van der Waals surface area contributed by atoms with E-state index < -0.39 is 0 Å². The van der Waals surface area contributed by atoms with E-state index in [-0.39, 0.29) is 5.97 Å². The Morgan fingerprint density at radius 3 is 2.86 bits per heavy atom. The molecule has 4 heteroatoms. The third kappa shape index (κ3) is 4.37. The van der Waals surface area contributed by atoms with E-state index in [0.29, 0.717) is 16.6 Å². The molecule has 2 rings (SSSR count). The van der Waals surface area contributed by atoms with Crippen LogP contribution in [0, 0.1) is 5.92 Å². The van der Waals surface area contributed by atoms with E-state index in [9.17, 15) is 4.79 Å². The summed E-state index contributed by atoms with van der Waals surface area (Å²) in [6.45, 7) is 2.27. The highest BCUT2D eigenvalue weighted by atomic mass is 35.5. The molecule has 0 aromatic heterocycles. The van der Waals surface area contributed by atoms with Gasteiger partial charge in [0, 0.05) is 16.8 Å². The van der Waals surface area contributed by atoms with Gasteiger partial charge in [0.2, 0.25) is 0 Å². The first-order chi connectivity index (χ1) is 10.1. The summed E-state index contributed by atoms with van der Waals surface area (Å²) in [4.78, 5) is 11.9. The molecule has 2 unspecified atom stereocenters. The molecule has 0 amide bonds. The number of hydrogen-bond acceptors (Lipinski definition) is 3. The Kier molecular flexibility index (Phi) is 5.92. The van der Waals surface area contributed by atoms with Gasteiger partial charge in [-0.05, 0) is 43.4 Å². The number of esters is 1. The van der Waals surface area contributed by atoms with Crippen molar-refractivity contribution in [3.8, 4) is 0 Å². The van der Waals surface area contributed by atoms with Gasteiger partial charge < -0.3 is 10.1 Å². The lowest BCUT2D eigenvalue weighted by Gasteiger charge is -2.20. The summed E-state index contributed by atoms with van der Waals surface area (Å²) >= 11 is 5.99. The summed E-state index contributed by atoms with van der Waals surface area (Å²) in [6, 6.07) is 5.77. The predicted octanol–water partition coefficient (Wildman–Crippen LogP) is 4.90. The molecular weight excluding hydrogens is 286 g/mol. The van der Waals surface area contributed by atoms with E-state index in [1.165, 1.54) is 32.8 Å². The van der Waals surface area contributed by atoms with E-state index >= 15 is 0 Å². The van der Waals surface area contributed by atoms with Crippen LogP contribution in [-0.4, -0.2) is 19.1 Å². The number of hydrogen-bond donors (Lipinski definition) is 1. The molecule has 0 radical (unpaired) electrons. The normalized spacial score (nSPS) is 22.4. The van der Waals surface area contributed by atoms with E-state index in [1.807, 2.05) is 12.1 Å². The van der Waals surface area contributed by atoms with Crippen molar-refractivity contribution in [2.24, 2.45) is 5.92 Å². The number of rotatable bonds is 4. The van der Waals surface area contributed by atoms with Crippen LogP contribution in [-0.2, 0) is 4.74 Å². The standard InChI is InChI=1S/C17H24ClNO2/c1-3-12-5-4-6-14(9-7-12)19-16-10-8-13(18)11-15(16)17(20)21-2/h8,10-12,14,19H,3-7,9H2,1-2H3. The maximum Gasteiger partial charge on any atom is 0.340 e. The van der Waals surface area contributed by atoms with Crippen molar-refractivity contribution in [3.63, 3.8) is 0 Å². The molecule has 1 aliphatic carbocycles. The van der Waals surface area contributed by atoms with Crippen LogP contribution in [0.3, 0.4) is 0 Å². The van der Waals surface area contributed by atoms with Gasteiger partial charge in [0.25, 0.3) is 0 Å². The lowest BCUT2D eigenvalue weighted by Crippen LogP contribution is -2.20. The van der Waals surface area contributed by atoms with Crippen molar-refractivity contribution in [2.45, 2.75) is 51.5 Å². The highest BCUT2D eigenvalue weighted by Gasteiger charge is 2.20. The number of anilines is 1. The van der Waals surface area contributed by atoms with Crippen molar-refractivity contribution >= 4 is 23.3 Å². The molecule has 2 atom stereocenters. The van der Waals surface area contributed by atoms with Crippen LogP contribution in [0.25, 0.3) is 0 Å². The van der Waals surface area contributed by atoms with Crippen LogP contribution in [0.2, 0.25) is 5.02 Å². The smallest absolute Gasteiger partial charge is 0.340 e. The zero-order valence-electron chi connectivity index (χ0n) is 12.8. The van der Waals surface area contributed by atoms with E-state index in [1.54, 1.807) is 6.07 Å². The molecule has 1 aromatic carbocycles. The minimum atomic E-state index is -0.347. The fourth-order valence-electron chi connectivity index (χ4n) is 3.07. The molecule has 0 saturated heterocycles. The topological polar surface area (TPSA) is 38.3 Å². The molecule has 0 spiro atoms. The molecule has 3 nitrogen and oxygen atoms in total. The zero-order valence-corrected chi connectivity index (χ0v) is 13.6. The third-order valence-corrected chi connectivity index (χ3v) is 4.65. The van der Waals surface area contributed by atoms with Gasteiger partial charge in [-0.25, -0.2) is 4.79 Å². The van der Waals surface area contributed by atoms with Gasteiger partial charge in [0.05, 0.1) is 12.7 Å². The molecule has 1 aromatic rings. The molecule has 0 heterocycles. The number of methoxy groups -OCH3 is 1. The molecule has 21 heavy (non-hydrogen) atoms. The van der Waals surface area contributed by atoms with Crippen LogP contribution in [0.5, 0.6) is 0 Å². The van der Waals surface area contributed by atoms with Crippen molar-refractivity contribution < 1.29 is 9.53 Å². The molecule has 1 N–H and O–H groups in total. The van der Waals surface area contributed by atoms with Gasteiger partial charge in [-0.2, -0.15) is 0 Å². The van der Waals surface area contributed by atoms with Crippen molar-refractivity contribution in [1.29, 1.82) is 0 Å². The molecule has 0 aliphatic heterocycles. The second kappa shape index (κ2) is 7.69. The van der Waals surface area contributed by atoms with E-state index in [0.717, 1.165) is 24.4 Å². The number of nitrogens with one attached hydrogen (secondary N) is 1. The Balaban J connectivity index is 2.10. The van der Waals surface area contributed by atoms with Gasteiger partial charge in [0.15, 0.2) is 0 Å². The van der Waals surface area contributed by atoms with Gasteiger partial charge in [-0.15, -0.1) is 0 Å². The van der Waals surface area contributed by atoms with Crippen LogP contribution >= 0.6 is 11.6 Å². The van der Waals surface area contributed by atoms with Gasteiger partial charge in [0.1, 0.15) is 0 Å². The minimum Gasteiger partial charge on any atom is -0.465 e. The first-order valence-electron chi connectivity index (χ1n) is 7.78. The average molecular weight is 310 g/mol. The van der Waals surface area contributed by atoms with Gasteiger partial charge >= 0.3 is 5.97 Å². The number of carbonyl (C=O) groups excluding carboxylic acids is 1. The van der Waals surface area contributed by atoms with Gasteiger partial charge in [-0.3, -0.25) is 0 Å². The first-order valence-corrected chi connectivity index (χ1v) is 8.16. The Morgan fingerprint density at radius 1 is 1.33 bits per heavy atom. The Bertz CT molecular complexity index is 490. The monoisotopic (exact) mass is 309 g/mol. The number of halogens is 1. The van der Waals surface area contributed by atoms with Crippen LogP contribution in [0.15, 0.2) is 18.2 Å². The maximum atomic E-state index is 11.9. The second-order valence-corrected chi connectivity index (χ2v) is 6.24. The fourth-order valence-corrected chi connectivity index (χ4v) is 3.24. The fraction of sp³-hybridized carbons (Fsp3) is 0.588. The van der Waals surface area contributed by atoms with E-state index in [2.05, 4.69) is 12.2 Å². The molecule has 1 aliphatic rings. The highest BCUT2D eigenvalue weighted by molar-refractivity contribution is 6.31. The second-order valence-electron chi connectivity index (χ2n) is 5.81. The maximum absolute atomic E-state index is 11.9. The first kappa shape index (κ1) is 16.2. The molecule has 1 fully saturated rings. The van der Waals surface area contributed by atoms with Crippen LogP contribution < -0.4 is 5.32 Å². The highest BCUT2D eigenvalue weighted by Crippen LogP contribution is 2.29. The molecule has 0 bridgehead atoms. The summed E-state index contributed by atoms with van der Waals surface area (Å²) in [5.41, 5.74) is 1.34. The van der Waals surface area contributed by atoms with Crippen molar-refractivity contribution in [1.82, 2.24) is 0 Å². The van der Waals surface area contributed by atoms with Crippen molar-refractivity contribution in [2.75, 3.05) is 12.4 Å². The molecular formula is C17H24ClNO2. The summed E-state index contributed by atoms with van der Waals surface area (Å²) in [5.74, 6) is 0.502. The lowest BCUT2D eigenvalue weighted by molar-refractivity contribution is 0.0602. The lowest BCUT2D eigenvalue weighted by atomic mass is 9.98. The van der Waals surface area contributed by atoms with E-state index in [4.69, 9.17) is 16.3 Å². The quantitative estimate of drug-likeness (QED) is 0.635. The number of benzene rings is 1. The molecule has 116 valence electrons. The SMILES string of the molecule is CCC1CCCC(Nc2ccc(Cl)cc2C(=O)OC)CC1. The van der Waals surface area contributed by atoms with Crippen molar-refractivity contribution in [3.05, 3.63) is 28.8 Å². The summed E-state index contributed by atoms with van der Waals surface area (Å²) in [7, 11) is 1.39. The minimum absolute atomic E-state index is 0.347. The van der Waals surface area contributed by atoms with Gasteiger partial charge in [-0.1, -0.05) is 37.8 Å². The number of carbonyl (C=O) groups is 1. The predicted molar refractivity (Wildman–Crippen MR) is 87.1 cm³/mol. The summed E-state index contributed by atoms with van der Waals surface area (Å²) in [6.07, 6.45) is 7.40. The Morgan fingerprint density at radius 2 is 2.14 bits per heavy atom. The van der Waals surface area contributed by atoms with Crippen LogP contribution in [0.4, 0.5) is 5.69 Å². The van der Waals surface area contributed by atoms with Crippen LogP contribution in [0.1, 0.15) is 55.8 Å². The zero-order chi connectivity index (χ0) is 15.2. The average Bonchev–Trinajstić information content (AvgIpc) is 2.73. The summed E-state index contributed by atoms with van der Waals surface area (Å²) in [5, 5.41) is 4.07. The Labute approximate surface area is 132 Å². The molecule has 1 saturated carbocycles. The largest absolute Gasteiger partial charge is 0.465 e.